The van der Waals surface area contributed by atoms with E-state index < -0.39 is 9.84 Å². The maximum Gasteiger partial charge on any atom is 0.149 e. The van der Waals surface area contributed by atoms with E-state index in [4.69, 9.17) is 20.8 Å². The van der Waals surface area contributed by atoms with E-state index in [1.54, 1.807) is 24.3 Å². The third-order valence-electron chi connectivity index (χ3n) is 7.07. The highest BCUT2D eigenvalue weighted by Crippen LogP contribution is 2.34. The quantitative estimate of drug-likeness (QED) is 0.153. The first-order valence-electron chi connectivity index (χ1n) is 13.8. The van der Waals surface area contributed by atoms with Crippen molar-refractivity contribution in [3.8, 4) is 17.1 Å². The number of furan rings is 1. The summed E-state index contributed by atoms with van der Waals surface area (Å²) >= 11 is 6.50. The fourth-order valence-corrected chi connectivity index (χ4v) is 6.12. The first-order chi connectivity index (χ1) is 20.6. The minimum Gasteiger partial charge on any atom is -0.487 e. The summed E-state index contributed by atoms with van der Waals surface area (Å²) < 4.78 is 49.9. The topological polar surface area (TPSA) is 97.6 Å². The number of hydrogen-bond donors (Lipinski definition) is 1. The van der Waals surface area contributed by atoms with Gasteiger partial charge in [-0.1, -0.05) is 37.6 Å². The second-order valence-electron chi connectivity index (χ2n) is 10.2. The second-order valence-corrected chi connectivity index (χ2v) is 12.8. The van der Waals surface area contributed by atoms with Gasteiger partial charge in [-0.05, 0) is 79.3 Å². The fraction of sp³-hybridized carbons (Fsp3) is 0.250. The van der Waals surface area contributed by atoms with Crippen LogP contribution in [-0.2, 0) is 16.4 Å². The summed E-state index contributed by atoms with van der Waals surface area (Å²) in [4.78, 5) is 10.9. The molecule has 0 saturated carbocycles. The molecule has 0 aliphatic heterocycles. The van der Waals surface area contributed by atoms with Gasteiger partial charge in [0.2, 0.25) is 0 Å². The normalized spacial score (nSPS) is 12.5. The maximum absolute atomic E-state index is 13.5. The number of aromatic nitrogens is 2. The molecule has 0 aliphatic rings. The highest BCUT2D eigenvalue weighted by atomic mass is 35.5. The molecule has 5 aromatic rings. The van der Waals surface area contributed by atoms with Gasteiger partial charge in [0.15, 0.2) is 0 Å². The molecule has 3 aromatic carbocycles. The monoisotopic (exact) mass is 622 g/mol. The Labute approximate surface area is 255 Å². The Balaban J connectivity index is 1.38. The lowest BCUT2D eigenvalue weighted by Crippen LogP contribution is -2.32. The van der Waals surface area contributed by atoms with Crippen LogP contribution in [0.15, 0.2) is 83.5 Å². The van der Waals surface area contributed by atoms with Gasteiger partial charge < -0.3 is 14.5 Å². The van der Waals surface area contributed by atoms with Crippen LogP contribution in [0, 0.1) is 5.82 Å². The van der Waals surface area contributed by atoms with Crippen molar-refractivity contribution in [2.75, 3.05) is 30.4 Å². The molecular formula is C32H32ClFN4O4S. The zero-order chi connectivity index (χ0) is 30.6. The van der Waals surface area contributed by atoms with E-state index in [0.29, 0.717) is 52.5 Å². The first kappa shape index (κ1) is 30.5. The molecule has 0 radical (unpaired) electrons. The van der Waals surface area contributed by atoms with Crippen molar-refractivity contribution < 1.29 is 22.0 Å². The molecule has 8 nitrogen and oxygen atoms in total. The van der Waals surface area contributed by atoms with Gasteiger partial charge in [0, 0.05) is 22.9 Å². The molecule has 2 heterocycles. The zero-order valence-corrected chi connectivity index (χ0v) is 25.6. The van der Waals surface area contributed by atoms with E-state index in [1.165, 1.54) is 24.7 Å². The van der Waals surface area contributed by atoms with Gasteiger partial charge in [0.1, 0.15) is 51.7 Å². The molecule has 0 amide bonds. The minimum absolute atomic E-state index is 0.0293. The Bertz CT molecular complexity index is 1840. The van der Waals surface area contributed by atoms with Gasteiger partial charge in [0.25, 0.3) is 0 Å². The van der Waals surface area contributed by atoms with Crippen LogP contribution in [0.25, 0.3) is 22.2 Å². The van der Waals surface area contributed by atoms with E-state index in [0.717, 1.165) is 16.5 Å². The lowest BCUT2D eigenvalue weighted by molar-refractivity contribution is 0.210. The molecule has 0 bridgehead atoms. The van der Waals surface area contributed by atoms with Crippen molar-refractivity contribution in [1.29, 1.82) is 0 Å². The average molecular weight is 623 g/mol. The predicted molar refractivity (Wildman–Crippen MR) is 168 cm³/mol. The zero-order valence-electron chi connectivity index (χ0n) is 24.1. The molecule has 2 aromatic heterocycles. The molecule has 11 heteroatoms. The van der Waals surface area contributed by atoms with Crippen LogP contribution >= 0.6 is 11.6 Å². The number of nitrogens with zero attached hydrogens (tertiary/aromatic N) is 3. The molecule has 0 saturated heterocycles. The Morgan fingerprint density at radius 2 is 1.84 bits per heavy atom. The SMILES string of the molecule is CCN(CC)[C@H](CS(C)(=O)=O)c1ccc(-c2ccc3ncnc(Nc4ccc(OCc5cccc(F)c5)c(Cl)c4)c3c2)o1. The Kier molecular flexibility index (Phi) is 9.29. The van der Waals surface area contributed by atoms with Gasteiger partial charge in [-0.25, -0.2) is 22.8 Å². The van der Waals surface area contributed by atoms with E-state index in [-0.39, 0.29) is 24.2 Å². The molecule has 0 aliphatic carbocycles. The lowest BCUT2D eigenvalue weighted by atomic mass is 10.1. The smallest absolute Gasteiger partial charge is 0.149 e. The van der Waals surface area contributed by atoms with Crippen molar-refractivity contribution >= 4 is 43.8 Å². The highest BCUT2D eigenvalue weighted by Gasteiger charge is 2.26. The van der Waals surface area contributed by atoms with Gasteiger partial charge in [-0.15, -0.1) is 0 Å². The summed E-state index contributed by atoms with van der Waals surface area (Å²) in [5.74, 6) is 1.90. The maximum atomic E-state index is 13.5. The summed E-state index contributed by atoms with van der Waals surface area (Å²) in [5.41, 5.74) is 2.92. The van der Waals surface area contributed by atoms with E-state index in [1.807, 2.05) is 50.2 Å². The van der Waals surface area contributed by atoms with Crippen LogP contribution < -0.4 is 10.1 Å². The number of hydrogen-bond acceptors (Lipinski definition) is 8. The molecule has 1 atom stereocenters. The number of rotatable bonds is 12. The minimum atomic E-state index is -3.24. The first-order valence-corrected chi connectivity index (χ1v) is 16.3. The van der Waals surface area contributed by atoms with Crippen molar-refractivity contribution in [3.05, 3.63) is 101 Å². The summed E-state index contributed by atoms with van der Waals surface area (Å²) in [7, 11) is -3.24. The van der Waals surface area contributed by atoms with Gasteiger partial charge in [0.05, 0.1) is 22.3 Å². The summed E-state index contributed by atoms with van der Waals surface area (Å²) in [6.45, 7) is 5.57. The second kappa shape index (κ2) is 13.1. The van der Waals surface area contributed by atoms with Crippen molar-refractivity contribution in [1.82, 2.24) is 14.9 Å². The molecule has 0 fully saturated rings. The van der Waals surface area contributed by atoms with Gasteiger partial charge in [-0.3, -0.25) is 4.90 Å². The average Bonchev–Trinajstić information content (AvgIpc) is 3.47. The largest absolute Gasteiger partial charge is 0.487 e. The molecule has 0 unspecified atom stereocenters. The summed E-state index contributed by atoms with van der Waals surface area (Å²) in [6, 6.07) is 20.5. The Morgan fingerprint density at radius 3 is 2.56 bits per heavy atom. The van der Waals surface area contributed by atoms with Crippen LogP contribution in [0.4, 0.5) is 15.9 Å². The third-order valence-corrected chi connectivity index (χ3v) is 8.28. The van der Waals surface area contributed by atoms with Crippen LogP contribution in [0.5, 0.6) is 5.75 Å². The predicted octanol–water partition coefficient (Wildman–Crippen LogP) is 7.43. The molecule has 5 rings (SSSR count). The number of anilines is 2. The summed E-state index contributed by atoms with van der Waals surface area (Å²) in [5, 5.41) is 4.46. The standard InChI is InChI=1S/C32H32ClFN4O4S/c1-4-38(5-2)28(19-43(3,39)40)31-14-13-29(42-31)22-9-11-27-25(16-22)32(36-20-35-27)37-24-10-12-30(26(33)17-24)41-18-21-7-6-8-23(34)15-21/h6-17,20,28H,4-5,18-19H2,1-3H3,(H,35,36,37)/t28-/m1/s1. The van der Waals surface area contributed by atoms with E-state index in [2.05, 4.69) is 20.2 Å². The number of nitrogens with one attached hydrogen (secondary N) is 1. The molecular weight excluding hydrogens is 591 g/mol. The number of fused-ring (bicyclic) bond motifs is 1. The highest BCUT2D eigenvalue weighted by molar-refractivity contribution is 7.90. The lowest BCUT2D eigenvalue weighted by Gasteiger charge is -2.27. The van der Waals surface area contributed by atoms with Crippen molar-refractivity contribution in [3.63, 3.8) is 0 Å². The number of sulfone groups is 1. The van der Waals surface area contributed by atoms with Crippen molar-refractivity contribution in [2.24, 2.45) is 0 Å². The number of halogens is 2. The Morgan fingerprint density at radius 1 is 1.02 bits per heavy atom. The molecule has 0 spiro atoms. The van der Waals surface area contributed by atoms with Gasteiger partial charge >= 0.3 is 0 Å². The molecule has 1 N–H and O–H groups in total. The molecule has 43 heavy (non-hydrogen) atoms. The fourth-order valence-electron chi connectivity index (χ4n) is 4.94. The van der Waals surface area contributed by atoms with Crippen LogP contribution in [0.2, 0.25) is 5.02 Å². The Hall–Kier alpha value is -3.99. The summed E-state index contributed by atoms with van der Waals surface area (Å²) in [6.07, 6.45) is 2.72. The van der Waals surface area contributed by atoms with Gasteiger partial charge in [-0.2, -0.15) is 0 Å². The van der Waals surface area contributed by atoms with Crippen molar-refractivity contribution in [2.45, 2.75) is 26.5 Å². The number of ether oxygens (including phenoxy) is 1. The van der Waals surface area contributed by atoms with Crippen LogP contribution in [0.3, 0.4) is 0 Å². The van der Waals surface area contributed by atoms with E-state index >= 15 is 0 Å². The van der Waals surface area contributed by atoms with E-state index in [9.17, 15) is 12.8 Å². The molecule has 224 valence electrons. The van der Waals surface area contributed by atoms with Crippen LogP contribution in [0.1, 0.15) is 31.2 Å². The number of benzene rings is 3. The third kappa shape index (κ3) is 7.51. The van der Waals surface area contributed by atoms with Crippen LogP contribution in [-0.4, -0.2) is 48.4 Å².